The Balaban J connectivity index is 2.14. The molecule has 0 radical (unpaired) electrons. The van der Waals surface area contributed by atoms with Gasteiger partial charge in [-0.15, -0.1) is 0 Å². The van der Waals surface area contributed by atoms with Gasteiger partial charge in [0.1, 0.15) is 0 Å². The number of hydrogen-bond acceptors (Lipinski definition) is 0. The van der Waals surface area contributed by atoms with Crippen LogP contribution in [0.3, 0.4) is 0 Å². The molecule has 82 valence electrons. The molecule has 0 aromatic rings. The van der Waals surface area contributed by atoms with Gasteiger partial charge < -0.3 is 0 Å². The van der Waals surface area contributed by atoms with E-state index in [-0.39, 0.29) is 0 Å². The van der Waals surface area contributed by atoms with Gasteiger partial charge in [-0.25, -0.2) is 0 Å². The molecule has 0 aromatic heterocycles. The normalized spacial score (nSPS) is 21.6. The fraction of sp³-hybridized carbons (Fsp3) is 0.429. The predicted molar refractivity (Wildman–Crippen MR) is 62.1 cm³/mol. The summed E-state index contributed by atoms with van der Waals surface area (Å²) in [6.45, 7) is 8.97. The van der Waals surface area contributed by atoms with Crippen LogP contribution in [-0.2, 0) is 15.0 Å². The van der Waals surface area contributed by atoms with Gasteiger partial charge in [0.2, 0.25) is 0 Å². The van der Waals surface area contributed by atoms with Gasteiger partial charge in [-0.2, -0.15) is 0 Å². The van der Waals surface area contributed by atoms with Crippen LogP contribution < -0.4 is 0 Å². The van der Waals surface area contributed by atoms with Crippen molar-refractivity contribution < 1.29 is 15.0 Å². The van der Waals surface area contributed by atoms with Crippen molar-refractivity contribution in [2.45, 2.75) is 40.5 Å². The van der Waals surface area contributed by atoms with E-state index in [1.807, 2.05) is 0 Å². The van der Waals surface area contributed by atoms with Crippen LogP contribution in [0.2, 0.25) is 0 Å². The third kappa shape index (κ3) is 2.04. The summed E-state index contributed by atoms with van der Waals surface area (Å²) >= 11 is 1.19. The summed E-state index contributed by atoms with van der Waals surface area (Å²) in [5, 5.41) is 0. The third-order valence-corrected chi connectivity index (χ3v) is 5.30. The molecule has 0 heterocycles. The molecular weight excluding hydrogens is 224 g/mol. The van der Waals surface area contributed by atoms with Crippen LogP contribution in [0.5, 0.6) is 0 Å². The molecule has 0 unspecified atom stereocenters. The standard InChI is InChI=1S/2C7H9.Fe/c2*1-6-4-3-5-7(6)2;/h2*4H,3H2,1-2H3;. The molecule has 0 amide bonds. The molecule has 0 saturated heterocycles. The molecule has 2 aliphatic carbocycles. The molecule has 0 atom stereocenters. The zero-order chi connectivity index (χ0) is 11.0. The predicted octanol–water partition coefficient (Wildman–Crippen LogP) is 4.32. The van der Waals surface area contributed by atoms with Crippen molar-refractivity contribution in [2.24, 2.45) is 0 Å². The van der Waals surface area contributed by atoms with E-state index in [4.69, 9.17) is 0 Å². The molecule has 2 rings (SSSR count). The van der Waals surface area contributed by atoms with Crippen LogP contribution in [0.1, 0.15) is 40.5 Å². The molecule has 1 heteroatoms. The molecule has 0 spiro atoms. The molecule has 0 bridgehead atoms. The Morgan fingerprint density at radius 2 is 1.20 bits per heavy atom. The van der Waals surface area contributed by atoms with E-state index >= 15 is 0 Å². The summed E-state index contributed by atoms with van der Waals surface area (Å²) in [5.41, 5.74) is 6.01. The van der Waals surface area contributed by atoms with Gasteiger partial charge in [0, 0.05) is 0 Å². The molecule has 2 aliphatic rings. The first kappa shape index (κ1) is 11.0. The van der Waals surface area contributed by atoms with E-state index < -0.39 is 0 Å². The van der Waals surface area contributed by atoms with Gasteiger partial charge in [-0.1, -0.05) is 0 Å². The monoisotopic (exact) mass is 242 g/mol. The van der Waals surface area contributed by atoms with Crippen molar-refractivity contribution in [1.82, 2.24) is 0 Å². The average molecular weight is 242 g/mol. The van der Waals surface area contributed by atoms with Crippen LogP contribution in [0, 0.1) is 0 Å². The summed E-state index contributed by atoms with van der Waals surface area (Å²) in [7, 11) is 0. The number of allylic oxidation sites excluding steroid dienone is 8. The van der Waals surface area contributed by atoms with E-state index in [2.05, 4.69) is 39.8 Å². The second-order valence-electron chi connectivity index (χ2n) is 4.30. The van der Waals surface area contributed by atoms with E-state index in [9.17, 15) is 0 Å². The summed E-state index contributed by atoms with van der Waals surface area (Å²) < 4.78 is 3.26. The summed E-state index contributed by atoms with van der Waals surface area (Å²) in [6, 6.07) is 0. The van der Waals surface area contributed by atoms with Gasteiger partial charge in [-0.05, 0) is 0 Å². The summed E-state index contributed by atoms with van der Waals surface area (Å²) in [6.07, 6.45) is 7.06. The topological polar surface area (TPSA) is 0 Å². The number of rotatable bonds is 2. The molecule has 0 aromatic carbocycles. The Hall–Kier alpha value is -0.521. The fourth-order valence-corrected chi connectivity index (χ4v) is 3.55. The van der Waals surface area contributed by atoms with Crippen LogP contribution in [-0.4, -0.2) is 0 Å². The zero-order valence-electron chi connectivity index (χ0n) is 9.92. The van der Waals surface area contributed by atoms with Crippen molar-refractivity contribution in [3.8, 4) is 0 Å². The van der Waals surface area contributed by atoms with Crippen LogP contribution in [0.25, 0.3) is 0 Å². The van der Waals surface area contributed by atoms with Gasteiger partial charge in [0.15, 0.2) is 0 Å². The van der Waals surface area contributed by atoms with Crippen molar-refractivity contribution in [1.29, 1.82) is 0 Å². The van der Waals surface area contributed by atoms with Gasteiger partial charge in [-0.3, -0.25) is 0 Å². The SMILES string of the molecule is CC1=CC[C]([Fe][C]2=C(C)C(C)=CC2)=C1C. The van der Waals surface area contributed by atoms with Crippen LogP contribution >= 0.6 is 0 Å². The zero-order valence-corrected chi connectivity index (χ0v) is 11.0. The van der Waals surface area contributed by atoms with Gasteiger partial charge >= 0.3 is 98.9 Å². The van der Waals surface area contributed by atoms with E-state index in [1.165, 1.54) is 50.1 Å². The van der Waals surface area contributed by atoms with Crippen molar-refractivity contribution in [2.75, 3.05) is 0 Å². The minimum absolute atomic E-state index is 1.17. The molecule has 0 aliphatic heterocycles. The van der Waals surface area contributed by atoms with Crippen molar-refractivity contribution in [3.63, 3.8) is 0 Å². The fourth-order valence-electron chi connectivity index (χ4n) is 1.84. The van der Waals surface area contributed by atoms with Crippen LogP contribution in [0.4, 0.5) is 0 Å². The third-order valence-electron chi connectivity index (χ3n) is 3.36. The Morgan fingerprint density at radius 1 is 0.800 bits per heavy atom. The molecule has 0 saturated carbocycles. The van der Waals surface area contributed by atoms with E-state index in [1.54, 1.807) is 8.94 Å². The molecule has 0 N–H and O–H groups in total. The summed E-state index contributed by atoms with van der Waals surface area (Å²) in [4.78, 5) is 0. The van der Waals surface area contributed by atoms with Crippen molar-refractivity contribution >= 4 is 0 Å². The number of hydrogen-bond donors (Lipinski definition) is 0. The molecular formula is C14H18Fe. The van der Waals surface area contributed by atoms with E-state index in [0.29, 0.717) is 0 Å². The Labute approximate surface area is 99.0 Å². The quantitative estimate of drug-likeness (QED) is 0.632. The van der Waals surface area contributed by atoms with Gasteiger partial charge in [0.25, 0.3) is 0 Å². The molecule has 0 fully saturated rings. The summed E-state index contributed by atoms with van der Waals surface area (Å²) in [5.74, 6) is 0. The first-order chi connectivity index (χ1) is 7.09. The Kier molecular flexibility index (Phi) is 3.04. The Morgan fingerprint density at radius 3 is 1.47 bits per heavy atom. The average Bonchev–Trinajstić information content (AvgIpc) is 2.68. The van der Waals surface area contributed by atoms with Gasteiger partial charge in [0.05, 0.1) is 0 Å². The molecule has 15 heavy (non-hydrogen) atoms. The minimum atomic E-state index is 1.17. The first-order valence-electron chi connectivity index (χ1n) is 5.45. The maximum atomic E-state index is 2.36. The maximum absolute atomic E-state index is 2.36. The Bertz CT molecular complexity index is 377. The van der Waals surface area contributed by atoms with E-state index in [0.717, 1.165) is 0 Å². The molecule has 0 nitrogen and oxygen atoms in total. The van der Waals surface area contributed by atoms with Crippen LogP contribution in [0.15, 0.2) is 43.4 Å². The van der Waals surface area contributed by atoms with Crippen molar-refractivity contribution in [3.05, 3.63) is 43.4 Å². The second-order valence-corrected chi connectivity index (χ2v) is 5.91. The first-order valence-corrected chi connectivity index (χ1v) is 6.56. The second kappa shape index (κ2) is 4.15.